The molecule has 1 amide bonds. The van der Waals surface area contributed by atoms with Crippen molar-refractivity contribution in [2.45, 2.75) is 25.0 Å². The summed E-state index contributed by atoms with van der Waals surface area (Å²) in [5.74, 6) is -0.0671. The molecule has 0 aromatic carbocycles. The van der Waals surface area contributed by atoms with Gasteiger partial charge >= 0.3 is 0 Å². The van der Waals surface area contributed by atoms with Crippen molar-refractivity contribution in [3.05, 3.63) is 39.6 Å². The van der Waals surface area contributed by atoms with Crippen LogP contribution in [-0.2, 0) is 11.8 Å². The van der Waals surface area contributed by atoms with Crippen LogP contribution in [0.2, 0.25) is 4.34 Å². The maximum Gasteiger partial charge on any atom is 0.261 e. The topological polar surface area (TPSA) is 56.2 Å². The van der Waals surface area contributed by atoms with Crippen LogP contribution in [0.1, 0.15) is 34.3 Å². The number of hydrogen-bond donors (Lipinski definition) is 1. The van der Waals surface area contributed by atoms with Crippen LogP contribution in [0.3, 0.4) is 0 Å². The van der Waals surface area contributed by atoms with Crippen molar-refractivity contribution in [1.82, 2.24) is 14.9 Å². The third-order valence-corrected chi connectivity index (χ3v) is 4.83. The van der Waals surface area contributed by atoms with E-state index in [9.17, 15) is 4.79 Å². The van der Waals surface area contributed by atoms with E-state index in [-0.39, 0.29) is 18.1 Å². The number of amides is 1. The average molecular weight is 326 g/mol. The van der Waals surface area contributed by atoms with Gasteiger partial charge in [0.15, 0.2) is 0 Å². The van der Waals surface area contributed by atoms with Gasteiger partial charge in [0.05, 0.1) is 27.4 Å². The SMILES string of the molecule is Cn1cncc1[C@@H]1C[C@@H](NC(=O)c2ccc(Cl)s2)CCO1. The van der Waals surface area contributed by atoms with E-state index in [1.165, 1.54) is 11.3 Å². The lowest BCUT2D eigenvalue weighted by Crippen LogP contribution is -2.39. The Balaban J connectivity index is 1.64. The van der Waals surface area contributed by atoms with E-state index < -0.39 is 0 Å². The van der Waals surface area contributed by atoms with Crippen molar-refractivity contribution < 1.29 is 9.53 Å². The van der Waals surface area contributed by atoms with E-state index in [4.69, 9.17) is 16.3 Å². The molecule has 3 heterocycles. The van der Waals surface area contributed by atoms with Gasteiger partial charge in [0, 0.05) is 19.7 Å². The Kier molecular flexibility index (Phi) is 4.28. The Morgan fingerprint density at radius 1 is 1.57 bits per heavy atom. The summed E-state index contributed by atoms with van der Waals surface area (Å²) in [6, 6.07) is 3.59. The van der Waals surface area contributed by atoms with Crippen LogP contribution in [0.5, 0.6) is 0 Å². The summed E-state index contributed by atoms with van der Waals surface area (Å²) in [7, 11) is 1.95. The third-order valence-electron chi connectivity index (χ3n) is 3.60. The van der Waals surface area contributed by atoms with Crippen molar-refractivity contribution >= 4 is 28.8 Å². The highest BCUT2D eigenvalue weighted by molar-refractivity contribution is 7.17. The van der Waals surface area contributed by atoms with Gasteiger partial charge < -0.3 is 14.6 Å². The van der Waals surface area contributed by atoms with E-state index >= 15 is 0 Å². The summed E-state index contributed by atoms with van der Waals surface area (Å²) in [5.41, 5.74) is 1.04. The highest BCUT2D eigenvalue weighted by atomic mass is 35.5. The molecule has 21 heavy (non-hydrogen) atoms. The van der Waals surface area contributed by atoms with Crippen molar-refractivity contribution in [3.8, 4) is 0 Å². The minimum atomic E-state index is -0.0671. The van der Waals surface area contributed by atoms with Gasteiger partial charge in [0.2, 0.25) is 0 Å². The van der Waals surface area contributed by atoms with E-state index in [2.05, 4.69) is 10.3 Å². The fraction of sp³-hybridized carbons (Fsp3) is 0.429. The summed E-state index contributed by atoms with van der Waals surface area (Å²) in [5, 5.41) is 3.06. The normalized spacial score (nSPS) is 22.2. The van der Waals surface area contributed by atoms with Gasteiger partial charge in [-0.05, 0) is 25.0 Å². The molecule has 112 valence electrons. The van der Waals surface area contributed by atoms with Gasteiger partial charge in [-0.3, -0.25) is 4.79 Å². The lowest BCUT2D eigenvalue weighted by Gasteiger charge is -2.30. The van der Waals surface area contributed by atoms with E-state index in [1.54, 1.807) is 18.5 Å². The van der Waals surface area contributed by atoms with Crippen LogP contribution in [0.25, 0.3) is 0 Å². The molecule has 1 aliphatic rings. The van der Waals surface area contributed by atoms with Gasteiger partial charge in [-0.15, -0.1) is 11.3 Å². The smallest absolute Gasteiger partial charge is 0.261 e. The fourth-order valence-electron chi connectivity index (χ4n) is 2.50. The number of nitrogens with zero attached hydrogens (tertiary/aromatic N) is 2. The molecule has 1 saturated heterocycles. The van der Waals surface area contributed by atoms with Crippen molar-refractivity contribution in [2.75, 3.05) is 6.61 Å². The maximum absolute atomic E-state index is 12.2. The molecule has 0 aliphatic carbocycles. The zero-order chi connectivity index (χ0) is 14.8. The number of aromatic nitrogens is 2. The lowest BCUT2D eigenvalue weighted by molar-refractivity contribution is -0.00298. The molecule has 0 bridgehead atoms. The zero-order valence-electron chi connectivity index (χ0n) is 11.6. The Bertz CT molecular complexity index is 640. The minimum Gasteiger partial charge on any atom is -0.372 e. The molecule has 0 radical (unpaired) electrons. The molecule has 2 atom stereocenters. The van der Waals surface area contributed by atoms with E-state index in [0.717, 1.165) is 18.5 Å². The second-order valence-corrected chi connectivity index (χ2v) is 6.80. The minimum absolute atomic E-state index is 0.0246. The van der Waals surface area contributed by atoms with Crippen molar-refractivity contribution in [1.29, 1.82) is 0 Å². The summed E-state index contributed by atoms with van der Waals surface area (Å²) >= 11 is 7.16. The van der Waals surface area contributed by atoms with Crippen LogP contribution >= 0.6 is 22.9 Å². The second kappa shape index (κ2) is 6.17. The Morgan fingerprint density at radius 2 is 2.43 bits per heavy atom. The largest absolute Gasteiger partial charge is 0.372 e. The van der Waals surface area contributed by atoms with Crippen molar-refractivity contribution in [3.63, 3.8) is 0 Å². The van der Waals surface area contributed by atoms with Crippen LogP contribution in [0.15, 0.2) is 24.7 Å². The number of thiophene rings is 1. The first kappa shape index (κ1) is 14.6. The third kappa shape index (κ3) is 3.28. The predicted octanol–water partition coefficient (Wildman–Crippen LogP) is 2.79. The molecule has 3 rings (SSSR count). The molecule has 1 aliphatic heterocycles. The van der Waals surface area contributed by atoms with Gasteiger partial charge in [0.25, 0.3) is 5.91 Å². The zero-order valence-corrected chi connectivity index (χ0v) is 13.2. The maximum atomic E-state index is 12.2. The Hall–Kier alpha value is -1.37. The van der Waals surface area contributed by atoms with E-state index in [0.29, 0.717) is 15.8 Å². The quantitative estimate of drug-likeness (QED) is 0.944. The van der Waals surface area contributed by atoms with Crippen LogP contribution < -0.4 is 5.32 Å². The molecule has 0 unspecified atom stereocenters. The van der Waals surface area contributed by atoms with Gasteiger partial charge in [-0.2, -0.15) is 0 Å². The van der Waals surface area contributed by atoms with Gasteiger partial charge in [-0.1, -0.05) is 11.6 Å². The number of hydrogen-bond acceptors (Lipinski definition) is 4. The number of carbonyl (C=O) groups is 1. The highest BCUT2D eigenvalue weighted by Crippen LogP contribution is 2.28. The predicted molar refractivity (Wildman–Crippen MR) is 81.7 cm³/mol. The Labute approximate surface area is 131 Å². The molecule has 2 aromatic heterocycles. The van der Waals surface area contributed by atoms with Crippen molar-refractivity contribution in [2.24, 2.45) is 7.05 Å². The first-order valence-electron chi connectivity index (χ1n) is 6.77. The van der Waals surface area contributed by atoms with Crippen LogP contribution in [0.4, 0.5) is 0 Å². The number of rotatable bonds is 3. The number of imidazole rings is 1. The van der Waals surface area contributed by atoms with E-state index in [1.807, 2.05) is 17.8 Å². The molecule has 0 spiro atoms. The molecule has 0 saturated carbocycles. The Morgan fingerprint density at radius 3 is 3.10 bits per heavy atom. The van der Waals surface area contributed by atoms with Crippen LogP contribution in [0, 0.1) is 0 Å². The summed E-state index contributed by atoms with van der Waals surface area (Å²) in [4.78, 5) is 16.9. The van der Waals surface area contributed by atoms with Gasteiger partial charge in [-0.25, -0.2) is 4.98 Å². The number of aryl methyl sites for hydroxylation is 1. The highest BCUT2D eigenvalue weighted by Gasteiger charge is 2.27. The first-order chi connectivity index (χ1) is 10.1. The summed E-state index contributed by atoms with van der Waals surface area (Å²) in [6.45, 7) is 0.631. The molecular formula is C14H16ClN3O2S. The number of carbonyl (C=O) groups excluding carboxylic acids is 1. The molecule has 1 fully saturated rings. The second-order valence-electron chi connectivity index (χ2n) is 5.09. The summed E-state index contributed by atoms with van der Waals surface area (Å²) in [6.07, 6.45) is 5.12. The molecule has 2 aromatic rings. The van der Waals surface area contributed by atoms with Crippen LogP contribution in [-0.4, -0.2) is 28.1 Å². The lowest BCUT2D eigenvalue weighted by atomic mass is 10.0. The number of ether oxygens (including phenoxy) is 1. The summed E-state index contributed by atoms with van der Waals surface area (Å²) < 4.78 is 8.37. The van der Waals surface area contributed by atoms with Gasteiger partial charge in [0.1, 0.15) is 6.10 Å². The number of halogens is 1. The molecule has 5 nitrogen and oxygen atoms in total. The first-order valence-corrected chi connectivity index (χ1v) is 7.97. The number of nitrogens with one attached hydrogen (secondary N) is 1. The molecular weight excluding hydrogens is 310 g/mol. The standard InChI is InChI=1S/C14H16ClN3O2S/c1-18-8-16-7-10(18)11-6-9(4-5-20-11)17-14(19)12-2-3-13(15)21-12/h2-3,7-9,11H,4-6H2,1H3,(H,17,19)/t9-,11-/m0/s1. The monoisotopic (exact) mass is 325 g/mol. The fourth-order valence-corrected chi connectivity index (χ4v) is 3.45. The molecule has 1 N–H and O–H groups in total. The average Bonchev–Trinajstić information content (AvgIpc) is 3.08. The molecule has 7 heteroatoms.